The molecule has 0 aliphatic heterocycles. The van der Waals surface area contributed by atoms with E-state index in [4.69, 9.17) is 30.2 Å². The maximum absolute atomic E-state index is 8.49. The van der Waals surface area contributed by atoms with E-state index < -0.39 is 10.2 Å². The second-order valence-corrected chi connectivity index (χ2v) is 6.42. The lowest BCUT2D eigenvalue weighted by molar-refractivity contribution is -2.00. The van der Waals surface area contributed by atoms with Gasteiger partial charge in [0.05, 0.1) is 5.02 Å². The van der Waals surface area contributed by atoms with E-state index in [1.807, 2.05) is 59.3 Å². The van der Waals surface area contributed by atoms with Gasteiger partial charge in [-0.25, -0.2) is 23.0 Å². The van der Waals surface area contributed by atoms with E-state index in [2.05, 4.69) is 20.9 Å². The van der Waals surface area contributed by atoms with Crippen LogP contribution < -0.4 is 23.0 Å². The molecule has 0 bridgehead atoms. The van der Waals surface area contributed by atoms with Crippen LogP contribution in [-0.2, 0) is 0 Å². The summed E-state index contributed by atoms with van der Waals surface area (Å²) in [4.78, 5) is 4.61. The summed E-state index contributed by atoms with van der Waals surface area (Å²) in [5.41, 5.74) is 2.92. The lowest BCUT2D eigenvalue weighted by Crippen LogP contribution is -2.68. The van der Waals surface area contributed by atoms with Crippen LogP contribution in [0.4, 0.5) is 0 Å². The number of benzene rings is 1. The number of nitrogens with zero attached hydrogens (tertiary/aromatic N) is 2. The quantitative estimate of drug-likeness (QED) is 0.477. The van der Waals surface area contributed by atoms with E-state index in [1.54, 1.807) is 0 Å². The summed E-state index contributed by atoms with van der Waals surface area (Å²) in [6.45, 7) is 0. The molecule has 0 aliphatic rings. The van der Waals surface area contributed by atoms with E-state index >= 15 is 0 Å². The third-order valence-electron chi connectivity index (χ3n) is 2.69. The second-order valence-electron chi connectivity index (χ2n) is 4.31. The Hall–Kier alpha value is -1.32. The van der Waals surface area contributed by atoms with Crippen LogP contribution in [0.1, 0.15) is 0 Å². The monoisotopic (exact) mass is 418 g/mol. The van der Waals surface area contributed by atoms with Gasteiger partial charge in [-0.15, -0.1) is 10.2 Å². The molecule has 0 spiro atoms. The molecule has 0 unspecified atom stereocenters. The van der Waals surface area contributed by atoms with Crippen LogP contribution in [0.3, 0.4) is 0 Å². The first-order valence-corrected chi connectivity index (χ1v) is 8.48. The Morgan fingerprint density at radius 3 is 2.17 bits per heavy atom. The van der Waals surface area contributed by atoms with Crippen LogP contribution in [0.5, 0.6) is 0 Å². The van der Waals surface area contributed by atoms with Crippen molar-refractivity contribution < 1.29 is 33.3 Å². The fourth-order valence-corrected chi connectivity index (χ4v) is 2.22. The Morgan fingerprint density at radius 1 is 0.957 bits per heavy atom. The van der Waals surface area contributed by atoms with Crippen molar-refractivity contribution in [3.8, 4) is 11.3 Å². The minimum absolute atomic E-state index is 0.700. The van der Waals surface area contributed by atoms with E-state index in [1.165, 1.54) is 0 Å². The van der Waals surface area contributed by atoms with Gasteiger partial charge in [0.25, 0.3) is 0 Å². The topological polar surface area (TPSA) is 109 Å². The molecule has 1 aromatic carbocycles. The van der Waals surface area contributed by atoms with E-state index in [0.717, 1.165) is 21.4 Å². The van der Waals surface area contributed by atoms with E-state index in [0.29, 0.717) is 5.02 Å². The molecule has 3 rings (SSSR count). The maximum atomic E-state index is 8.49. The van der Waals surface area contributed by atoms with Crippen LogP contribution in [0.2, 0.25) is 5.02 Å². The van der Waals surface area contributed by atoms with Crippen LogP contribution in [0, 0.1) is 10.2 Å². The molecule has 23 heavy (non-hydrogen) atoms. The van der Waals surface area contributed by atoms with Gasteiger partial charge in [0.2, 0.25) is 0 Å². The van der Waals surface area contributed by atoms with Crippen molar-refractivity contribution in [1.82, 2.24) is 4.98 Å². The fraction of sp³-hybridized carbons (Fsp3) is 0. The number of pyridine rings is 1. The van der Waals surface area contributed by atoms with Gasteiger partial charge in [-0.2, -0.15) is 0 Å². The summed E-state index contributed by atoms with van der Waals surface area (Å²) in [5.74, 6) is 0. The lowest BCUT2D eigenvalue weighted by Gasteiger charge is -2.17. The molecule has 0 saturated carbocycles. The highest BCUT2D eigenvalue weighted by Gasteiger charge is 2.09. The molecular formula is C14H9BrCl2N2O4. The Bertz CT molecular complexity index is 804. The Labute approximate surface area is 147 Å². The van der Waals surface area contributed by atoms with Crippen molar-refractivity contribution in [1.29, 1.82) is 0 Å². The number of aromatic nitrogens is 2. The first-order chi connectivity index (χ1) is 10.7. The van der Waals surface area contributed by atoms with Gasteiger partial charge < -0.3 is 0 Å². The van der Waals surface area contributed by atoms with E-state index in [-0.39, 0.29) is 0 Å². The Kier molecular flexibility index (Phi) is 5.88. The smallest absolute Gasteiger partial charge is 0.222 e. The van der Waals surface area contributed by atoms with Gasteiger partial charge in [-0.1, -0.05) is 27.5 Å². The summed E-state index contributed by atoms with van der Waals surface area (Å²) in [7, 11) is -4.94. The molecule has 0 fully saturated rings. The summed E-state index contributed by atoms with van der Waals surface area (Å²) in [5, 5.41) is 0.700. The van der Waals surface area contributed by atoms with Crippen molar-refractivity contribution in [3.63, 3.8) is 0 Å². The molecule has 9 heteroatoms. The molecule has 0 atom stereocenters. The third kappa shape index (κ3) is 6.00. The SMILES string of the molecule is Clc1ccc2nc(-c3ccc(Br)cc3)cc[n+]2c1.[O-][Cl+3]([O-])([O-])[O-]. The molecule has 6 nitrogen and oxygen atoms in total. The van der Waals surface area contributed by atoms with Crippen LogP contribution in [0.15, 0.2) is 59.3 Å². The van der Waals surface area contributed by atoms with Gasteiger partial charge in [-0.05, 0) is 35.3 Å². The van der Waals surface area contributed by atoms with E-state index in [9.17, 15) is 0 Å². The predicted molar refractivity (Wildman–Crippen MR) is 75.5 cm³/mol. The van der Waals surface area contributed by atoms with Crippen LogP contribution in [0.25, 0.3) is 16.9 Å². The maximum Gasteiger partial charge on any atom is 0.328 e. The number of halogens is 3. The van der Waals surface area contributed by atoms with Crippen molar-refractivity contribution in [2.45, 2.75) is 0 Å². The summed E-state index contributed by atoms with van der Waals surface area (Å²) in [6.07, 6.45) is 3.81. The number of rotatable bonds is 1. The van der Waals surface area contributed by atoms with Crippen molar-refractivity contribution in [2.75, 3.05) is 0 Å². The average molecular weight is 420 g/mol. The summed E-state index contributed by atoms with van der Waals surface area (Å²) < 4.78 is 36.9. The minimum Gasteiger partial charge on any atom is -0.222 e. The Balaban J connectivity index is 0.000000338. The zero-order chi connectivity index (χ0) is 17.0. The Morgan fingerprint density at radius 2 is 1.57 bits per heavy atom. The molecule has 2 aromatic heterocycles. The average Bonchev–Trinajstić information content (AvgIpc) is 2.46. The van der Waals surface area contributed by atoms with Crippen LogP contribution >= 0.6 is 27.5 Å². The van der Waals surface area contributed by atoms with Gasteiger partial charge >= 0.3 is 5.65 Å². The molecule has 2 heterocycles. The van der Waals surface area contributed by atoms with Gasteiger partial charge in [0.15, 0.2) is 5.69 Å². The van der Waals surface area contributed by atoms with Crippen LogP contribution in [-0.4, -0.2) is 4.98 Å². The largest absolute Gasteiger partial charge is 0.328 e. The normalized spacial score (nSPS) is 11.0. The number of fused-ring (bicyclic) bond motifs is 1. The molecule has 0 aliphatic carbocycles. The van der Waals surface area contributed by atoms with Gasteiger partial charge in [0.1, 0.15) is 12.4 Å². The van der Waals surface area contributed by atoms with Gasteiger partial charge in [-0.3, -0.25) is 0 Å². The minimum atomic E-state index is -4.94. The molecule has 0 N–H and O–H groups in total. The second kappa shape index (κ2) is 7.50. The van der Waals surface area contributed by atoms with Gasteiger partial charge in [0, 0.05) is 22.2 Å². The predicted octanol–water partition coefficient (Wildman–Crippen LogP) is -0.853. The molecule has 3 aromatic rings. The standard InChI is InChI=1S/C14H9BrClN2.ClHO4/c15-11-3-1-10(2-4-11)13-7-8-18-9-12(16)5-6-14(18)17-13;2-1(3,4)5/h1-9H;(H,2,3,4,5)/q+1;/p-1. The zero-order valence-corrected chi connectivity index (χ0v) is 14.5. The summed E-state index contributed by atoms with van der Waals surface area (Å²) >= 11 is 9.37. The lowest BCUT2D eigenvalue weighted by atomic mass is 10.1. The third-order valence-corrected chi connectivity index (χ3v) is 3.44. The van der Waals surface area contributed by atoms with Crippen molar-refractivity contribution in [3.05, 3.63) is 64.4 Å². The first kappa shape index (κ1) is 18.0. The number of hydrogen-bond donors (Lipinski definition) is 0. The molecule has 0 saturated heterocycles. The molecule has 0 amide bonds. The molecular weight excluding hydrogens is 411 g/mol. The molecule has 120 valence electrons. The highest BCUT2D eigenvalue weighted by Crippen LogP contribution is 2.19. The van der Waals surface area contributed by atoms with Crippen molar-refractivity contribution in [2.24, 2.45) is 0 Å². The molecule has 0 radical (unpaired) electrons. The van der Waals surface area contributed by atoms with Crippen molar-refractivity contribution >= 4 is 33.2 Å². The zero-order valence-electron chi connectivity index (χ0n) is 11.4. The first-order valence-electron chi connectivity index (χ1n) is 6.08. The highest BCUT2D eigenvalue weighted by atomic mass is 79.9. The fourth-order valence-electron chi connectivity index (χ4n) is 1.79. The number of hydrogen-bond acceptors (Lipinski definition) is 5. The summed E-state index contributed by atoms with van der Waals surface area (Å²) in [6, 6.07) is 13.8. The highest BCUT2D eigenvalue weighted by molar-refractivity contribution is 9.10.